The average molecular weight is 388 g/mol. The predicted molar refractivity (Wildman–Crippen MR) is 108 cm³/mol. The van der Waals surface area contributed by atoms with E-state index in [0.29, 0.717) is 11.5 Å². The third-order valence-electron chi connectivity index (χ3n) is 3.74. The Hall–Kier alpha value is -2.31. The first kappa shape index (κ1) is 21.0. The van der Waals surface area contributed by atoms with Gasteiger partial charge in [0.15, 0.2) is 0 Å². The van der Waals surface area contributed by atoms with Gasteiger partial charge in [0.05, 0.1) is 5.92 Å². The maximum atomic E-state index is 12.4. The molecule has 27 heavy (non-hydrogen) atoms. The molecule has 0 aliphatic rings. The van der Waals surface area contributed by atoms with E-state index in [4.69, 9.17) is 9.47 Å². The minimum Gasteiger partial charge on any atom is -0.457 e. The van der Waals surface area contributed by atoms with Crippen molar-refractivity contribution < 1.29 is 19.1 Å². The summed E-state index contributed by atoms with van der Waals surface area (Å²) in [4.78, 5) is 25.8. The number of carbonyl (C=O) groups excluding carboxylic acids is 2. The molecule has 0 fully saturated rings. The molecular formula is C21H25NO4S. The average Bonchev–Trinajstić information content (AvgIpc) is 2.62. The van der Waals surface area contributed by atoms with Gasteiger partial charge in [-0.3, -0.25) is 9.59 Å². The van der Waals surface area contributed by atoms with Gasteiger partial charge in [0.25, 0.3) is 0 Å². The number of nitrogens with zero attached hydrogens (tertiary/aromatic N) is 1. The Morgan fingerprint density at radius 3 is 2.41 bits per heavy atom. The van der Waals surface area contributed by atoms with Gasteiger partial charge in [0.2, 0.25) is 0 Å². The Morgan fingerprint density at radius 2 is 1.74 bits per heavy atom. The summed E-state index contributed by atoms with van der Waals surface area (Å²) in [5.41, 5.74) is 0.770. The first-order valence-corrected chi connectivity index (χ1v) is 9.89. The molecule has 0 saturated heterocycles. The van der Waals surface area contributed by atoms with Gasteiger partial charge in [0, 0.05) is 25.0 Å². The summed E-state index contributed by atoms with van der Waals surface area (Å²) in [6.07, 6.45) is 0. The van der Waals surface area contributed by atoms with E-state index in [9.17, 15) is 9.59 Å². The fraction of sp³-hybridized carbons (Fsp3) is 0.333. The van der Waals surface area contributed by atoms with Crippen molar-refractivity contribution in [3.05, 3.63) is 60.2 Å². The Labute approximate surface area is 164 Å². The lowest BCUT2D eigenvalue weighted by molar-refractivity contribution is -0.158. The first-order chi connectivity index (χ1) is 13.0. The van der Waals surface area contributed by atoms with Crippen molar-refractivity contribution >= 4 is 23.7 Å². The minimum absolute atomic E-state index is 0.527. The minimum atomic E-state index is -0.597. The smallest absolute Gasteiger partial charge is 0.321 e. The van der Waals surface area contributed by atoms with Crippen molar-refractivity contribution in [3.63, 3.8) is 0 Å². The van der Waals surface area contributed by atoms with E-state index >= 15 is 0 Å². The molecule has 0 aromatic heterocycles. The highest BCUT2D eigenvalue weighted by Crippen LogP contribution is 2.28. The second-order valence-corrected chi connectivity index (χ2v) is 7.48. The van der Waals surface area contributed by atoms with Gasteiger partial charge in [-0.1, -0.05) is 30.3 Å². The molecule has 0 bridgehead atoms. The molecule has 2 aromatic rings. The first-order valence-electron chi connectivity index (χ1n) is 8.73. The molecule has 144 valence electrons. The number of hydrogen-bond acceptors (Lipinski definition) is 6. The number of thioether (sulfide) groups is 1. The number of esters is 2. The van der Waals surface area contributed by atoms with Gasteiger partial charge >= 0.3 is 11.9 Å². The number of benzene rings is 2. The van der Waals surface area contributed by atoms with E-state index in [1.165, 1.54) is 6.92 Å². The van der Waals surface area contributed by atoms with Crippen LogP contribution in [0.2, 0.25) is 0 Å². The molecule has 1 atom stereocenters. The van der Waals surface area contributed by atoms with Crippen molar-refractivity contribution in [2.75, 3.05) is 32.1 Å². The molecule has 0 saturated carbocycles. The van der Waals surface area contributed by atoms with E-state index < -0.39 is 17.9 Å². The van der Waals surface area contributed by atoms with Gasteiger partial charge < -0.3 is 14.4 Å². The van der Waals surface area contributed by atoms with Gasteiger partial charge in [-0.2, -0.15) is 11.8 Å². The number of rotatable bonds is 9. The van der Waals surface area contributed by atoms with Gasteiger partial charge in [-0.15, -0.1) is 0 Å². The van der Waals surface area contributed by atoms with Crippen LogP contribution in [0.1, 0.15) is 18.4 Å². The highest BCUT2D eigenvalue weighted by molar-refractivity contribution is 7.99. The summed E-state index contributed by atoms with van der Waals surface area (Å²) in [7, 11) is 4.01. The lowest BCUT2D eigenvalue weighted by Gasteiger charge is -2.17. The predicted octanol–water partition coefficient (Wildman–Crippen LogP) is 3.95. The summed E-state index contributed by atoms with van der Waals surface area (Å²) in [6.45, 7) is 2.15. The zero-order chi connectivity index (χ0) is 19.6. The monoisotopic (exact) mass is 387 g/mol. The van der Waals surface area contributed by atoms with Crippen molar-refractivity contribution in [3.8, 4) is 11.5 Å². The van der Waals surface area contributed by atoms with E-state index in [1.807, 2.05) is 68.7 Å². The molecule has 0 radical (unpaired) electrons. The van der Waals surface area contributed by atoms with Gasteiger partial charge in [-0.05, 0) is 43.9 Å². The molecule has 0 aliphatic carbocycles. The van der Waals surface area contributed by atoms with Crippen LogP contribution < -0.4 is 4.74 Å². The molecule has 1 unspecified atom stereocenters. The summed E-state index contributed by atoms with van der Waals surface area (Å²) in [5.74, 6) is 1.12. The van der Waals surface area contributed by atoms with Gasteiger partial charge in [0.1, 0.15) is 11.5 Å². The van der Waals surface area contributed by atoms with Crippen molar-refractivity contribution in [1.82, 2.24) is 4.90 Å². The zero-order valence-electron chi connectivity index (χ0n) is 15.9. The molecule has 0 N–H and O–H groups in total. The lowest BCUT2D eigenvalue weighted by Crippen LogP contribution is -2.21. The molecule has 2 rings (SSSR count). The maximum Gasteiger partial charge on any atom is 0.321 e. The quantitative estimate of drug-likeness (QED) is 0.369. The fourth-order valence-electron chi connectivity index (χ4n) is 2.38. The molecule has 0 heterocycles. The van der Waals surface area contributed by atoms with Crippen LogP contribution in [0.3, 0.4) is 0 Å². The molecule has 6 heteroatoms. The maximum absolute atomic E-state index is 12.4. The van der Waals surface area contributed by atoms with Crippen molar-refractivity contribution in [1.29, 1.82) is 0 Å². The zero-order valence-corrected chi connectivity index (χ0v) is 16.7. The summed E-state index contributed by atoms with van der Waals surface area (Å²) < 4.78 is 10.7. The Kier molecular flexibility index (Phi) is 8.36. The van der Waals surface area contributed by atoms with Gasteiger partial charge in [-0.25, -0.2) is 0 Å². The van der Waals surface area contributed by atoms with Crippen LogP contribution in [-0.2, 0) is 14.3 Å². The third kappa shape index (κ3) is 7.45. The third-order valence-corrected chi connectivity index (χ3v) is 4.78. The Balaban J connectivity index is 2.14. The number of carbonyl (C=O) groups is 2. The fourth-order valence-corrected chi connectivity index (χ4v) is 3.61. The second kappa shape index (κ2) is 10.7. The van der Waals surface area contributed by atoms with Crippen LogP contribution in [0.5, 0.6) is 11.5 Å². The second-order valence-electron chi connectivity index (χ2n) is 6.33. The van der Waals surface area contributed by atoms with Crippen LogP contribution in [0.15, 0.2) is 54.6 Å². The van der Waals surface area contributed by atoms with Crippen molar-refractivity contribution in [2.24, 2.45) is 0 Å². The topological polar surface area (TPSA) is 55.8 Å². The highest BCUT2D eigenvalue weighted by Gasteiger charge is 2.24. The van der Waals surface area contributed by atoms with E-state index in [0.717, 1.165) is 23.6 Å². The number of para-hydroxylation sites is 1. The summed E-state index contributed by atoms with van der Waals surface area (Å²) >= 11 is 1.66. The summed E-state index contributed by atoms with van der Waals surface area (Å²) in [6, 6.07) is 16.8. The normalized spacial score (nSPS) is 11.9. The van der Waals surface area contributed by atoms with Crippen molar-refractivity contribution in [2.45, 2.75) is 12.8 Å². The molecule has 0 spiro atoms. The molecular weight excluding hydrogens is 362 g/mol. The molecule has 0 aliphatic heterocycles. The van der Waals surface area contributed by atoms with Crippen LogP contribution in [0.4, 0.5) is 0 Å². The van der Waals surface area contributed by atoms with E-state index in [-0.39, 0.29) is 0 Å². The van der Waals surface area contributed by atoms with Crippen LogP contribution in [0, 0.1) is 0 Å². The number of ether oxygens (including phenoxy) is 2. The Morgan fingerprint density at radius 1 is 1.04 bits per heavy atom. The number of hydrogen-bond donors (Lipinski definition) is 0. The molecule has 0 amide bonds. The molecule has 2 aromatic carbocycles. The van der Waals surface area contributed by atoms with E-state index in [2.05, 4.69) is 4.90 Å². The Bertz CT molecular complexity index is 749. The largest absolute Gasteiger partial charge is 0.457 e. The molecule has 5 nitrogen and oxygen atoms in total. The standard InChI is InChI=1S/C21H25NO4S/c1-16(23)25-21(24)20(15-27-13-12-22(2)3)17-8-7-11-19(14-17)26-18-9-5-4-6-10-18/h4-11,14,20H,12-13,15H2,1-3H3. The van der Waals surface area contributed by atoms with Crippen LogP contribution >= 0.6 is 11.8 Å². The van der Waals surface area contributed by atoms with E-state index in [1.54, 1.807) is 11.8 Å². The summed E-state index contributed by atoms with van der Waals surface area (Å²) in [5, 5.41) is 0. The lowest BCUT2D eigenvalue weighted by atomic mass is 10.0. The highest BCUT2D eigenvalue weighted by atomic mass is 32.2. The van der Waals surface area contributed by atoms with Crippen LogP contribution in [-0.4, -0.2) is 49.0 Å². The SMILES string of the molecule is CC(=O)OC(=O)C(CSCCN(C)C)c1cccc(Oc2ccccc2)c1. The van der Waals surface area contributed by atoms with Crippen LogP contribution in [0.25, 0.3) is 0 Å².